The van der Waals surface area contributed by atoms with Crippen LogP contribution in [0.5, 0.6) is 0 Å². The fourth-order valence-electron chi connectivity index (χ4n) is 2.75. The van der Waals surface area contributed by atoms with Gasteiger partial charge in [-0.3, -0.25) is 0 Å². The molecule has 0 heteroatoms. The zero-order valence-electron chi connectivity index (χ0n) is 15.7. The van der Waals surface area contributed by atoms with Crippen LogP contribution in [-0.2, 0) is 0 Å². The number of rotatable bonds is 6. The predicted molar refractivity (Wildman–Crippen MR) is 91.7 cm³/mol. The summed E-state index contributed by atoms with van der Waals surface area (Å²) >= 11 is 0. The Morgan fingerprint density at radius 1 is 0.737 bits per heavy atom. The number of hydrogen-bond acceptors (Lipinski definition) is 0. The molecule has 0 amide bonds. The van der Waals surface area contributed by atoms with Gasteiger partial charge >= 0.3 is 0 Å². The Hall–Kier alpha value is 0. The van der Waals surface area contributed by atoms with Crippen molar-refractivity contribution in [1.29, 1.82) is 0 Å². The first-order valence-corrected chi connectivity index (χ1v) is 8.49. The summed E-state index contributed by atoms with van der Waals surface area (Å²) in [7, 11) is 0. The number of hydrogen-bond donors (Lipinski definition) is 0. The summed E-state index contributed by atoms with van der Waals surface area (Å²) in [6, 6.07) is 0. The highest BCUT2D eigenvalue weighted by Crippen LogP contribution is 2.33. The van der Waals surface area contributed by atoms with E-state index in [1.807, 2.05) is 0 Å². The molecule has 0 saturated heterocycles. The van der Waals surface area contributed by atoms with Crippen LogP contribution >= 0.6 is 0 Å². The van der Waals surface area contributed by atoms with Crippen molar-refractivity contribution >= 4 is 0 Å². The Morgan fingerprint density at radius 2 is 1.16 bits per heavy atom. The quantitative estimate of drug-likeness (QED) is 0.474. The lowest BCUT2D eigenvalue weighted by molar-refractivity contribution is 0.225. The molecular formula is C19H42. The lowest BCUT2D eigenvalue weighted by Crippen LogP contribution is -2.17. The van der Waals surface area contributed by atoms with Crippen LogP contribution in [0.1, 0.15) is 101 Å². The first-order valence-electron chi connectivity index (χ1n) is 8.49. The molecule has 0 aliphatic carbocycles. The average Bonchev–Trinajstić information content (AvgIpc) is 2.26. The zero-order chi connectivity index (χ0) is 15.7. The van der Waals surface area contributed by atoms with E-state index >= 15 is 0 Å². The topological polar surface area (TPSA) is 0 Å². The fraction of sp³-hybridized carbons (Fsp3) is 1.00. The van der Waals surface area contributed by atoms with Crippen LogP contribution in [0.4, 0.5) is 0 Å². The molecule has 0 nitrogen and oxygen atoms in total. The molecule has 0 aliphatic rings. The van der Waals surface area contributed by atoms with Gasteiger partial charge in [0.25, 0.3) is 0 Å². The first kappa shape index (κ1) is 21.3. The first-order chi connectivity index (χ1) is 8.49. The molecule has 0 N–H and O–H groups in total. The second-order valence-electron chi connectivity index (χ2n) is 8.39. The summed E-state index contributed by atoms with van der Waals surface area (Å²) in [5.41, 5.74) is 1.13. The average molecular weight is 271 g/mol. The van der Waals surface area contributed by atoms with Gasteiger partial charge in [-0.25, -0.2) is 0 Å². The van der Waals surface area contributed by atoms with E-state index in [0.717, 1.165) is 11.8 Å². The summed E-state index contributed by atoms with van der Waals surface area (Å²) in [6.45, 7) is 23.1. The van der Waals surface area contributed by atoms with Crippen LogP contribution in [0.15, 0.2) is 0 Å². The standard InChI is InChI=1S/C11H24.C8H18/c1-6-10(4)9-11(5,7-2)8-3;1-7(2)6-8(3,4)5/h10H,6-9H2,1-5H3;7H,6H2,1-5H3. The van der Waals surface area contributed by atoms with Gasteiger partial charge in [-0.2, -0.15) is 0 Å². The highest BCUT2D eigenvalue weighted by molar-refractivity contribution is 4.72. The lowest BCUT2D eigenvalue weighted by atomic mass is 9.77. The van der Waals surface area contributed by atoms with Crippen LogP contribution in [-0.4, -0.2) is 0 Å². The van der Waals surface area contributed by atoms with Gasteiger partial charge in [0, 0.05) is 0 Å². The van der Waals surface area contributed by atoms with Crippen molar-refractivity contribution in [2.45, 2.75) is 101 Å². The second kappa shape index (κ2) is 9.83. The van der Waals surface area contributed by atoms with Crippen LogP contribution < -0.4 is 0 Å². The Bertz CT molecular complexity index is 191. The highest BCUT2D eigenvalue weighted by atomic mass is 14.3. The van der Waals surface area contributed by atoms with Crippen LogP contribution in [0.2, 0.25) is 0 Å². The summed E-state index contributed by atoms with van der Waals surface area (Å²) in [5, 5.41) is 0. The monoisotopic (exact) mass is 270 g/mol. The SMILES string of the molecule is CC(C)CC(C)(C)C.CCC(C)CC(C)(CC)CC. The van der Waals surface area contributed by atoms with Gasteiger partial charge in [-0.05, 0) is 35.5 Å². The molecule has 1 unspecified atom stereocenters. The molecular weight excluding hydrogens is 228 g/mol. The Morgan fingerprint density at radius 3 is 1.32 bits per heavy atom. The Balaban J connectivity index is 0. The van der Waals surface area contributed by atoms with Crippen LogP contribution in [0.3, 0.4) is 0 Å². The normalized spacial score (nSPS) is 14.1. The highest BCUT2D eigenvalue weighted by Gasteiger charge is 2.21. The lowest BCUT2D eigenvalue weighted by Gasteiger charge is -2.29. The smallest absolute Gasteiger partial charge is 0.0329 e. The van der Waals surface area contributed by atoms with Gasteiger partial charge in [-0.1, -0.05) is 88.5 Å². The molecule has 0 saturated carbocycles. The molecule has 19 heavy (non-hydrogen) atoms. The summed E-state index contributed by atoms with van der Waals surface area (Å²) in [5.74, 6) is 1.75. The minimum absolute atomic E-state index is 0.522. The predicted octanol–water partition coefficient (Wildman–Crippen LogP) is 7.33. The minimum atomic E-state index is 0.522. The molecule has 0 spiro atoms. The van der Waals surface area contributed by atoms with E-state index in [2.05, 4.69) is 69.2 Å². The zero-order valence-corrected chi connectivity index (χ0v) is 15.7. The molecule has 0 aliphatic heterocycles. The Labute approximate surface area is 124 Å². The maximum absolute atomic E-state index is 2.42. The second-order valence-corrected chi connectivity index (χ2v) is 8.39. The third-order valence-corrected chi connectivity index (χ3v) is 4.27. The van der Waals surface area contributed by atoms with Crippen molar-refractivity contribution in [2.75, 3.05) is 0 Å². The molecule has 0 fully saturated rings. The molecule has 0 aromatic heterocycles. The fourth-order valence-corrected chi connectivity index (χ4v) is 2.75. The molecule has 118 valence electrons. The summed E-state index contributed by atoms with van der Waals surface area (Å²) in [4.78, 5) is 0. The van der Waals surface area contributed by atoms with Crippen molar-refractivity contribution in [1.82, 2.24) is 0 Å². The molecule has 0 aromatic carbocycles. The van der Waals surface area contributed by atoms with Crippen molar-refractivity contribution in [3.8, 4) is 0 Å². The van der Waals surface area contributed by atoms with Crippen molar-refractivity contribution in [3.63, 3.8) is 0 Å². The Kier molecular flexibility index (Phi) is 11.0. The van der Waals surface area contributed by atoms with Crippen LogP contribution in [0.25, 0.3) is 0 Å². The minimum Gasteiger partial charge on any atom is -0.0651 e. The van der Waals surface area contributed by atoms with Crippen molar-refractivity contribution in [2.24, 2.45) is 22.7 Å². The summed E-state index contributed by atoms with van der Waals surface area (Å²) in [6.07, 6.45) is 6.71. The molecule has 0 aromatic rings. The van der Waals surface area contributed by atoms with Crippen molar-refractivity contribution < 1.29 is 0 Å². The van der Waals surface area contributed by atoms with E-state index in [9.17, 15) is 0 Å². The molecule has 0 radical (unpaired) electrons. The van der Waals surface area contributed by atoms with Gasteiger partial charge in [0.2, 0.25) is 0 Å². The van der Waals surface area contributed by atoms with Gasteiger partial charge in [0.15, 0.2) is 0 Å². The maximum atomic E-state index is 2.42. The molecule has 0 rings (SSSR count). The molecule has 1 atom stereocenters. The van der Waals surface area contributed by atoms with E-state index in [-0.39, 0.29) is 0 Å². The van der Waals surface area contributed by atoms with E-state index in [1.165, 1.54) is 32.1 Å². The third-order valence-electron chi connectivity index (χ3n) is 4.27. The van der Waals surface area contributed by atoms with Gasteiger partial charge in [-0.15, -0.1) is 0 Å². The maximum Gasteiger partial charge on any atom is -0.0329 e. The van der Waals surface area contributed by atoms with Gasteiger partial charge < -0.3 is 0 Å². The third kappa shape index (κ3) is 14.2. The van der Waals surface area contributed by atoms with E-state index in [4.69, 9.17) is 0 Å². The van der Waals surface area contributed by atoms with E-state index in [0.29, 0.717) is 10.8 Å². The van der Waals surface area contributed by atoms with Gasteiger partial charge in [0.1, 0.15) is 0 Å². The van der Waals surface area contributed by atoms with Crippen LogP contribution in [0, 0.1) is 22.7 Å². The largest absolute Gasteiger partial charge is 0.0651 e. The van der Waals surface area contributed by atoms with E-state index < -0.39 is 0 Å². The van der Waals surface area contributed by atoms with Crippen molar-refractivity contribution in [3.05, 3.63) is 0 Å². The molecule has 0 heterocycles. The molecule has 0 bridgehead atoms. The van der Waals surface area contributed by atoms with E-state index in [1.54, 1.807) is 0 Å². The summed E-state index contributed by atoms with van der Waals surface area (Å²) < 4.78 is 0. The van der Waals surface area contributed by atoms with Gasteiger partial charge in [0.05, 0.1) is 0 Å².